The monoisotopic (exact) mass is 726 g/mol. The largest absolute Gasteiger partial charge is 0.456 e. The number of fused-ring (bicyclic) bond motifs is 13. The Morgan fingerprint density at radius 1 is 0.368 bits per heavy atom. The lowest BCUT2D eigenvalue weighted by Crippen LogP contribution is -2.02. The molecule has 0 aliphatic rings. The molecule has 57 heavy (non-hydrogen) atoms. The molecule has 0 N–H and O–H groups in total. The highest BCUT2D eigenvalue weighted by Gasteiger charge is 2.20. The molecule has 5 heteroatoms. The number of furan rings is 1. The lowest BCUT2D eigenvalue weighted by Gasteiger charge is -2.13. The Morgan fingerprint density at radius 3 is 1.96 bits per heavy atom. The number of rotatable bonds is 3. The van der Waals surface area contributed by atoms with Crippen LogP contribution in [0.5, 0.6) is 0 Å². The molecule has 9 aromatic carbocycles. The van der Waals surface area contributed by atoms with Gasteiger partial charge in [-0.05, 0) is 94.3 Å². The van der Waals surface area contributed by atoms with E-state index >= 15 is 0 Å². The average molecular weight is 727 g/mol. The van der Waals surface area contributed by atoms with Crippen molar-refractivity contribution in [2.24, 2.45) is 0 Å². The van der Waals surface area contributed by atoms with E-state index in [0.29, 0.717) is 5.82 Å². The summed E-state index contributed by atoms with van der Waals surface area (Å²) < 4.78 is 11.0. The van der Waals surface area contributed by atoms with Crippen molar-refractivity contribution in [2.45, 2.75) is 0 Å². The molecule has 0 radical (unpaired) electrons. The SMILES string of the molecule is c1ccc2c(c1)ccc1c2c2ccccc2n1-c1ccc2cc3c4ccccc4n(-c4nc(-c5ccc6c(c5)oc5ccccc56)nc5ccccc45)c3cc2c1. The zero-order chi connectivity index (χ0) is 37.2. The number of aromatic nitrogens is 4. The first-order chi connectivity index (χ1) is 28.2. The van der Waals surface area contributed by atoms with E-state index in [1.165, 1.54) is 48.7 Å². The molecule has 0 bridgehead atoms. The first-order valence-corrected chi connectivity index (χ1v) is 19.3. The molecule has 0 unspecified atom stereocenters. The van der Waals surface area contributed by atoms with Gasteiger partial charge in [-0.3, -0.25) is 4.57 Å². The summed E-state index contributed by atoms with van der Waals surface area (Å²) in [6, 6.07) is 65.0. The Bertz CT molecular complexity index is 3830. The van der Waals surface area contributed by atoms with Crippen molar-refractivity contribution < 1.29 is 4.42 Å². The second kappa shape index (κ2) is 11.4. The third kappa shape index (κ3) is 4.34. The fourth-order valence-corrected chi connectivity index (χ4v) is 9.31. The summed E-state index contributed by atoms with van der Waals surface area (Å²) in [7, 11) is 0. The van der Waals surface area contributed by atoms with E-state index in [1.807, 2.05) is 24.3 Å². The van der Waals surface area contributed by atoms with Gasteiger partial charge in [-0.1, -0.05) is 109 Å². The first-order valence-electron chi connectivity index (χ1n) is 19.3. The molecule has 4 heterocycles. The maximum Gasteiger partial charge on any atom is 0.162 e. The molecule has 0 spiro atoms. The Hall–Kier alpha value is -7.76. The molecule has 0 aliphatic carbocycles. The summed E-state index contributed by atoms with van der Waals surface area (Å²) in [6.07, 6.45) is 0. The normalized spacial score (nSPS) is 12.2. The van der Waals surface area contributed by atoms with E-state index in [1.54, 1.807) is 0 Å². The van der Waals surface area contributed by atoms with Crippen LogP contribution in [-0.4, -0.2) is 19.1 Å². The smallest absolute Gasteiger partial charge is 0.162 e. The molecule has 0 saturated carbocycles. The Morgan fingerprint density at radius 2 is 1.07 bits per heavy atom. The molecule has 4 aromatic heterocycles. The minimum Gasteiger partial charge on any atom is -0.456 e. The van der Waals surface area contributed by atoms with E-state index in [2.05, 4.69) is 167 Å². The molecule has 0 atom stereocenters. The summed E-state index contributed by atoms with van der Waals surface area (Å²) in [6.45, 7) is 0. The van der Waals surface area contributed by atoms with Crippen molar-refractivity contribution in [3.8, 4) is 22.9 Å². The minimum atomic E-state index is 0.652. The highest BCUT2D eigenvalue weighted by atomic mass is 16.3. The van der Waals surface area contributed by atoms with E-state index in [-0.39, 0.29) is 0 Å². The zero-order valence-electron chi connectivity index (χ0n) is 30.5. The van der Waals surface area contributed by atoms with Crippen LogP contribution in [0.3, 0.4) is 0 Å². The molecule has 5 nitrogen and oxygen atoms in total. The van der Waals surface area contributed by atoms with Crippen LogP contribution in [0.4, 0.5) is 0 Å². The molecule has 13 rings (SSSR count). The molecular formula is C52H30N4O. The van der Waals surface area contributed by atoms with Crippen molar-refractivity contribution >= 4 is 98.0 Å². The Kier molecular flexibility index (Phi) is 6.10. The number of hydrogen-bond donors (Lipinski definition) is 0. The number of nitrogens with zero attached hydrogens (tertiary/aromatic N) is 4. The van der Waals surface area contributed by atoms with Crippen LogP contribution >= 0.6 is 0 Å². The second-order valence-corrected chi connectivity index (χ2v) is 15.0. The predicted octanol–water partition coefficient (Wildman–Crippen LogP) is 13.7. The average Bonchev–Trinajstić information content (AvgIpc) is 3.92. The minimum absolute atomic E-state index is 0.652. The van der Waals surface area contributed by atoms with Gasteiger partial charge in [0.05, 0.1) is 27.6 Å². The molecule has 0 fully saturated rings. The number of hydrogen-bond acceptors (Lipinski definition) is 3. The van der Waals surface area contributed by atoms with Gasteiger partial charge in [-0.2, -0.15) is 0 Å². The molecule has 0 saturated heterocycles. The van der Waals surface area contributed by atoms with E-state index in [9.17, 15) is 0 Å². The molecule has 0 aliphatic heterocycles. The van der Waals surface area contributed by atoms with Gasteiger partial charge in [0.15, 0.2) is 5.82 Å². The summed E-state index contributed by atoms with van der Waals surface area (Å²) in [4.78, 5) is 10.5. The van der Waals surface area contributed by atoms with Gasteiger partial charge in [0.2, 0.25) is 0 Å². The quantitative estimate of drug-likeness (QED) is 0.182. The number of benzene rings is 9. The third-order valence-electron chi connectivity index (χ3n) is 11.9. The fourth-order valence-electron chi connectivity index (χ4n) is 9.31. The van der Waals surface area contributed by atoms with Crippen LogP contribution in [0.25, 0.3) is 121 Å². The summed E-state index contributed by atoms with van der Waals surface area (Å²) in [5, 5.41) is 12.9. The standard InChI is InChI=1S/C52H30N4O/c1-2-12-36-31(11-1)23-26-46-50(36)41-16-5-9-19-45(41)55(46)35-24-21-32-28-42-37-13-4-8-18-44(37)56(47(42)29-34(32)27-35)52-40-15-3-7-17-43(40)53-51(54-52)33-22-25-39-38-14-6-10-20-48(38)57-49(39)30-33/h1-30H. The van der Waals surface area contributed by atoms with Crippen LogP contribution in [0, 0.1) is 0 Å². The van der Waals surface area contributed by atoms with Crippen LogP contribution in [0.15, 0.2) is 186 Å². The van der Waals surface area contributed by atoms with Crippen molar-refractivity contribution in [2.75, 3.05) is 0 Å². The lowest BCUT2D eigenvalue weighted by atomic mass is 10.0. The van der Waals surface area contributed by atoms with Gasteiger partial charge in [0.25, 0.3) is 0 Å². The van der Waals surface area contributed by atoms with Gasteiger partial charge >= 0.3 is 0 Å². The van der Waals surface area contributed by atoms with Gasteiger partial charge < -0.3 is 8.98 Å². The third-order valence-corrected chi connectivity index (χ3v) is 11.9. The Labute approximate surface area is 325 Å². The van der Waals surface area contributed by atoms with Crippen LogP contribution in [0.2, 0.25) is 0 Å². The summed E-state index contributed by atoms with van der Waals surface area (Å²) >= 11 is 0. The first kappa shape index (κ1) is 30.6. The van der Waals surface area contributed by atoms with Gasteiger partial charge in [0.1, 0.15) is 17.0 Å². The van der Waals surface area contributed by atoms with E-state index < -0.39 is 0 Å². The maximum atomic E-state index is 6.30. The zero-order valence-corrected chi connectivity index (χ0v) is 30.5. The van der Waals surface area contributed by atoms with E-state index in [4.69, 9.17) is 14.4 Å². The van der Waals surface area contributed by atoms with Gasteiger partial charge in [-0.15, -0.1) is 0 Å². The topological polar surface area (TPSA) is 48.8 Å². The summed E-state index contributed by atoms with van der Waals surface area (Å²) in [5.41, 5.74) is 9.20. The van der Waals surface area contributed by atoms with Crippen LogP contribution in [0.1, 0.15) is 0 Å². The molecule has 13 aromatic rings. The van der Waals surface area contributed by atoms with Crippen molar-refractivity contribution in [3.05, 3.63) is 182 Å². The second-order valence-electron chi connectivity index (χ2n) is 15.0. The van der Waals surface area contributed by atoms with E-state index in [0.717, 1.165) is 66.3 Å². The van der Waals surface area contributed by atoms with Crippen LogP contribution < -0.4 is 0 Å². The van der Waals surface area contributed by atoms with Crippen molar-refractivity contribution in [1.29, 1.82) is 0 Å². The predicted molar refractivity (Wildman–Crippen MR) is 236 cm³/mol. The highest BCUT2D eigenvalue weighted by molar-refractivity contribution is 6.21. The van der Waals surface area contributed by atoms with Gasteiger partial charge in [-0.25, -0.2) is 9.97 Å². The number of para-hydroxylation sites is 4. The highest BCUT2D eigenvalue weighted by Crippen LogP contribution is 2.40. The Balaban J connectivity index is 1.06. The van der Waals surface area contributed by atoms with Crippen molar-refractivity contribution in [3.63, 3.8) is 0 Å². The fraction of sp³-hybridized carbons (Fsp3) is 0. The lowest BCUT2D eigenvalue weighted by molar-refractivity contribution is 0.669. The molecule has 0 amide bonds. The van der Waals surface area contributed by atoms with Crippen molar-refractivity contribution in [1.82, 2.24) is 19.1 Å². The van der Waals surface area contributed by atoms with Crippen LogP contribution in [-0.2, 0) is 0 Å². The summed E-state index contributed by atoms with van der Waals surface area (Å²) in [5.74, 6) is 1.50. The molecule has 264 valence electrons. The molecular weight excluding hydrogens is 697 g/mol. The maximum absolute atomic E-state index is 6.30. The van der Waals surface area contributed by atoms with Gasteiger partial charge in [0, 0.05) is 49.0 Å².